The molecule has 1 aliphatic heterocycles. The van der Waals surface area contributed by atoms with Crippen molar-refractivity contribution in [3.63, 3.8) is 0 Å². The highest BCUT2D eigenvalue weighted by Crippen LogP contribution is 2.34. The number of halogens is 3. The molecule has 1 heterocycles. The topological polar surface area (TPSA) is 46.6 Å². The van der Waals surface area contributed by atoms with Crippen molar-refractivity contribution >= 4 is 10.3 Å². The Labute approximate surface area is 121 Å². The number of piperidine rings is 1. The fourth-order valence-electron chi connectivity index (χ4n) is 2.18. The minimum absolute atomic E-state index is 0.0424. The van der Waals surface area contributed by atoms with Crippen LogP contribution < -0.4 is 4.18 Å². The molecule has 0 spiro atoms. The third-order valence-electron chi connectivity index (χ3n) is 3.39. The van der Waals surface area contributed by atoms with Crippen molar-refractivity contribution < 1.29 is 25.8 Å². The number of rotatable bonds is 3. The standard InChI is InChI=1S/C13H16F3NO3S/c1-10-4-6-12(7-5-10)20-21(18,19)17-8-2-3-11(9-17)13(14,15)16/h4-7,11H,2-3,8-9H2,1H3. The molecule has 118 valence electrons. The van der Waals surface area contributed by atoms with Gasteiger partial charge in [-0.1, -0.05) is 17.7 Å². The Hall–Kier alpha value is -1.28. The quantitative estimate of drug-likeness (QED) is 0.859. The van der Waals surface area contributed by atoms with Crippen LogP contribution in [0.15, 0.2) is 24.3 Å². The number of benzene rings is 1. The third-order valence-corrected chi connectivity index (χ3v) is 4.75. The fourth-order valence-corrected chi connectivity index (χ4v) is 3.36. The van der Waals surface area contributed by atoms with Gasteiger partial charge >= 0.3 is 16.5 Å². The Morgan fingerprint density at radius 2 is 1.86 bits per heavy atom. The molecule has 1 unspecified atom stereocenters. The summed E-state index contributed by atoms with van der Waals surface area (Å²) < 4.78 is 67.9. The Morgan fingerprint density at radius 1 is 1.24 bits per heavy atom. The first-order valence-electron chi connectivity index (χ1n) is 6.51. The molecule has 1 fully saturated rings. The Balaban J connectivity index is 2.10. The second kappa shape index (κ2) is 5.84. The van der Waals surface area contributed by atoms with Gasteiger partial charge in [0.05, 0.1) is 5.92 Å². The lowest BCUT2D eigenvalue weighted by Gasteiger charge is -2.32. The normalized spacial score (nSPS) is 21.2. The first-order chi connectivity index (χ1) is 9.68. The van der Waals surface area contributed by atoms with Gasteiger partial charge in [0.2, 0.25) is 0 Å². The highest BCUT2D eigenvalue weighted by atomic mass is 32.2. The average Bonchev–Trinajstić information content (AvgIpc) is 2.40. The zero-order valence-corrected chi connectivity index (χ0v) is 12.2. The van der Waals surface area contributed by atoms with Crippen LogP contribution in [0, 0.1) is 12.8 Å². The Bertz CT molecular complexity index is 584. The van der Waals surface area contributed by atoms with Gasteiger partial charge in [-0.2, -0.15) is 25.9 Å². The predicted octanol–water partition coefficient (Wildman–Crippen LogP) is 2.89. The summed E-state index contributed by atoms with van der Waals surface area (Å²) >= 11 is 0. The first kappa shape index (κ1) is 16.1. The number of nitrogens with zero attached hydrogens (tertiary/aromatic N) is 1. The number of hydrogen-bond acceptors (Lipinski definition) is 3. The highest BCUT2D eigenvalue weighted by molar-refractivity contribution is 7.84. The van der Waals surface area contributed by atoms with Gasteiger partial charge in [0, 0.05) is 13.1 Å². The second-order valence-corrected chi connectivity index (χ2v) is 6.63. The Kier molecular flexibility index (Phi) is 4.48. The summed E-state index contributed by atoms with van der Waals surface area (Å²) in [5.41, 5.74) is 0.926. The average molecular weight is 323 g/mol. The molecule has 0 saturated carbocycles. The van der Waals surface area contributed by atoms with Gasteiger partial charge in [0.15, 0.2) is 0 Å². The summed E-state index contributed by atoms with van der Waals surface area (Å²) in [7, 11) is -4.21. The van der Waals surface area contributed by atoms with E-state index in [1.165, 1.54) is 12.1 Å². The zero-order chi connectivity index (χ0) is 15.7. The van der Waals surface area contributed by atoms with Gasteiger partial charge in [-0.3, -0.25) is 0 Å². The summed E-state index contributed by atoms with van der Waals surface area (Å²) in [5, 5.41) is 0. The van der Waals surface area contributed by atoms with E-state index >= 15 is 0 Å². The van der Waals surface area contributed by atoms with E-state index < -0.39 is 28.9 Å². The summed E-state index contributed by atoms with van der Waals surface area (Å²) in [6.45, 7) is 1.29. The molecule has 0 aromatic heterocycles. The van der Waals surface area contributed by atoms with E-state index in [4.69, 9.17) is 4.18 Å². The molecule has 4 nitrogen and oxygen atoms in total. The minimum atomic E-state index is -4.39. The van der Waals surface area contributed by atoms with Crippen molar-refractivity contribution in [2.45, 2.75) is 25.9 Å². The van der Waals surface area contributed by atoms with E-state index in [2.05, 4.69) is 0 Å². The van der Waals surface area contributed by atoms with E-state index in [0.29, 0.717) is 0 Å². The monoisotopic (exact) mass is 323 g/mol. The van der Waals surface area contributed by atoms with Crippen LogP contribution in [-0.4, -0.2) is 32.0 Å². The molecule has 0 amide bonds. The van der Waals surface area contributed by atoms with Crippen LogP contribution >= 0.6 is 0 Å². The second-order valence-electron chi connectivity index (χ2n) is 5.09. The van der Waals surface area contributed by atoms with Crippen LogP contribution in [0.3, 0.4) is 0 Å². The number of alkyl halides is 3. The molecule has 1 aliphatic rings. The molecule has 1 aromatic rings. The van der Waals surface area contributed by atoms with Crippen LogP contribution in [0.2, 0.25) is 0 Å². The molecule has 1 atom stereocenters. The number of hydrogen-bond donors (Lipinski definition) is 0. The van der Waals surface area contributed by atoms with Gasteiger partial charge in [-0.25, -0.2) is 0 Å². The maximum Gasteiger partial charge on any atom is 0.393 e. The van der Waals surface area contributed by atoms with Gasteiger partial charge in [-0.15, -0.1) is 0 Å². The van der Waals surface area contributed by atoms with Crippen LogP contribution in [0.25, 0.3) is 0 Å². The van der Waals surface area contributed by atoms with Crippen molar-refractivity contribution in [1.82, 2.24) is 4.31 Å². The van der Waals surface area contributed by atoms with E-state index in [9.17, 15) is 21.6 Å². The van der Waals surface area contributed by atoms with Crippen LogP contribution in [0.5, 0.6) is 5.75 Å². The van der Waals surface area contributed by atoms with Crippen molar-refractivity contribution in [3.8, 4) is 5.75 Å². The van der Waals surface area contributed by atoms with Crippen molar-refractivity contribution in [2.75, 3.05) is 13.1 Å². The summed E-state index contributed by atoms with van der Waals surface area (Å²) in [6.07, 6.45) is -4.28. The highest BCUT2D eigenvalue weighted by Gasteiger charge is 2.44. The van der Waals surface area contributed by atoms with Gasteiger partial charge in [0.1, 0.15) is 5.75 Å². The summed E-state index contributed by atoms with van der Waals surface area (Å²) in [5.74, 6) is -1.54. The number of aryl methyl sites for hydroxylation is 1. The van der Waals surface area contributed by atoms with E-state index in [-0.39, 0.29) is 25.1 Å². The Morgan fingerprint density at radius 3 is 2.43 bits per heavy atom. The van der Waals surface area contributed by atoms with Crippen molar-refractivity contribution in [3.05, 3.63) is 29.8 Å². The zero-order valence-electron chi connectivity index (χ0n) is 11.4. The molecule has 21 heavy (non-hydrogen) atoms. The van der Waals surface area contributed by atoms with Crippen molar-refractivity contribution in [1.29, 1.82) is 0 Å². The summed E-state index contributed by atoms with van der Waals surface area (Å²) in [4.78, 5) is 0. The smallest absolute Gasteiger partial charge is 0.371 e. The fraction of sp³-hybridized carbons (Fsp3) is 0.538. The van der Waals surface area contributed by atoms with E-state index in [1.807, 2.05) is 6.92 Å². The molecule has 1 aromatic carbocycles. The molecule has 0 N–H and O–H groups in total. The van der Waals surface area contributed by atoms with Gasteiger partial charge in [-0.05, 0) is 31.9 Å². The van der Waals surface area contributed by atoms with Gasteiger partial charge < -0.3 is 4.18 Å². The van der Waals surface area contributed by atoms with Gasteiger partial charge in [0.25, 0.3) is 0 Å². The lowest BCUT2D eigenvalue weighted by atomic mass is 9.99. The lowest BCUT2D eigenvalue weighted by Crippen LogP contribution is -2.45. The SMILES string of the molecule is Cc1ccc(OS(=O)(=O)N2CCCC(C(F)(F)F)C2)cc1. The van der Waals surface area contributed by atoms with Crippen molar-refractivity contribution in [2.24, 2.45) is 5.92 Å². The molecule has 0 radical (unpaired) electrons. The van der Waals surface area contributed by atoms with Crippen LogP contribution in [0.4, 0.5) is 13.2 Å². The van der Waals surface area contributed by atoms with E-state index in [1.54, 1.807) is 12.1 Å². The predicted molar refractivity (Wildman–Crippen MR) is 71.1 cm³/mol. The largest absolute Gasteiger partial charge is 0.393 e. The van der Waals surface area contributed by atoms with E-state index in [0.717, 1.165) is 9.87 Å². The summed E-state index contributed by atoms with van der Waals surface area (Å²) in [6, 6.07) is 6.27. The lowest BCUT2D eigenvalue weighted by molar-refractivity contribution is -0.182. The maximum atomic E-state index is 12.7. The molecule has 0 aliphatic carbocycles. The maximum absolute atomic E-state index is 12.7. The molecule has 8 heteroatoms. The molecule has 2 rings (SSSR count). The molecular weight excluding hydrogens is 307 g/mol. The minimum Gasteiger partial charge on any atom is -0.371 e. The van der Waals surface area contributed by atoms with Crippen LogP contribution in [0.1, 0.15) is 18.4 Å². The third kappa shape index (κ3) is 4.10. The molecule has 0 bridgehead atoms. The molecular formula is C13H16F3NO3S. The molecule has 1 saturated heterocycles. The van der Waals surface area contributed by atoms with Crippen LogP contribution in [-0.2, 0) is 10.3 Å². The first-order valence-corrected chi connectivity index (χ1v) is 7.88.